The zero-order valence-electron chi connectivity index (χ0n) is 10.2. The molecular formula is C13H13FN4O. The minimum absolute atomic E-state index is 0.109. The van der Waals surface area contributed by atoms with Crippen LogP contribution in [-0.4, -0.2) is 9.97 Å². The van der Waals surface area contributed by atoms with Crippen LogP contribution in [0.4, 0.5) is 10.3 Å². The smallest absolute Gasteiger partial charge is 0.260 e. The van der Waals surface area contributed by atoms with Gasteiger partial charge in [-0.25, -0.2) is 10.8 Å². The molecule has 1 aliphatic rings. The van der Waals surface area contributed by atoms with E-state index >= 15 is 0 Å². The molecule has 5 nitrogen and oxygen atoms in total. The predicted octanol–water partition coefficient (Wildman–Crippen LogP) is 2.18. The Labute approximate surface area is 109 Å². The summed E-state index contributed by atoms with van der Waals surface area (Å²) < 4.78 is 19.0. The first-order valence-corrected chi connectivity index (χ1v) is 6.05. The Kier molecular flexibility index (Phi) is 3.00. The average molecular weight is 260 g/mol. The third-order valence-corrected chi connectivity index (χ3v) is 3.13. The number of ether oxygens (including phenoxy) is 1. The van der Waals surface area contributed by atoms with Gasteiger partial charge in [0.25, 0.3) is 5.88 Å². The van der Waals surface area contributed by atoms with Crippen LogP contribution in [0, 0.1) is 5.82 Å². The summed E-state index contributed by atoms with van der Waals surface area (Å²) in [6.07, 6.45) is 4.31. The molecule has 0 bridgehead atoms. The number of benzene rings is 1. The molecule has 0 spiro atoms. The summed E-state index contributed by atoms with van der Waals surface area (Å²) in [4.78, 5) is 7.49. The van der Waals surface area contributed by atoms with E-state index in [4.69, 9.17) is 10.6 Å². The summed E-state index contributed by atoms with van der Waals surface area (Å²) in [5.41, 5.74) is 4.84. The quantitative estimate of drug-likeness (QED) is 0.653. The van der Waals surface area contributed by atoms with Crippen molar-refractivity contribution in [2.75, 3.05) is 5.43 Å². The minimum atomic E-state index is -0.625. The van der Waals surface area contributed by atoms with Crippen molar-refractivity contribution in [3.8, 4) is 11.6 Å². The van der Waals surface area contributed by atoms with Gasteiger partial charge >= 0.3 is 0 Å². The lowest BCUT2D eigenvalue weighted by molar-refractivity contribution is 0.420. The fourth-order valence-corrected chi connectivity index (χ4v) is 2.22. The fourth-order valence-electron chi connectivity index (χ4n) is 2.22. The molecule has 0 unspecified atom stereocenters. The lowest BCUT2D eigenvalue weighted by Gasteiger charge is -2.08. The van der Waals surface area contributed by atoms with Crippen LogP contribution in [0.1, 0.15) is 17.5 Å². The third kappa shape index (κ3) is 2.34. The Morgan fingerprint density at radius 1 is 1.26 bits per heavy atom. The van der Waals surface area contributed by atoms with Crippen molar-refractivity contribution >= 4 is 5.95 Å². The molecule has 2 aromatic rings. The van der Waals surface area contributed by atoms with E-state index in [9.17, 15) is 4.39 Å². The van der Waals surface area contributed by atoms with Gasteiger partial charge in [-0.2, -0.15) is 9.37 Å². The number of halogens is 1. The maximum absolute atomic E-state index is 13.5. The first-order valence-electron chi connectivity index (χ1n) is 6.05. The van der Waals surface area contributed by atoms with Gasteiger partial charge < -0.3 is 4.74 Å². The molecule has 1 aromatic heterocycles. The Morgan fingerprint density at radius 3 is 2.95 bits per heavy atom. The number of hydrogen-bond donors (Lipinski definition) is 2. The number of rotatable bonds is 3. The average Bonchev–Trinajstić information content (AvgIpc) is 2.89. The summed E-state index contributed by atoms with van der Waals surface area (Å²) in [6, 6.07) is 5.76. The molecule has 3 N–H and O–H groups in total. The van der Waals surface area contributed by atoms with Gasteiger partial charge in [0.15, 0.2) is 0 Å². The number of hydrogen-bond acceptors (Lipinski definition) is 5. The number of nitrogens with zero attached hydrogens (tertiary/aromatic N) is 2. The molecule has 0 atom stereocenters. The summed E-state index contributed by atoms with van der Waals surface area (Å²) in [5, 5.41) is 0. The van der Waals surface area contributed by atoms with E-state index in [1.165, 1.54) is 11.1 Å². The van der Waals surface area contributed by atoms with E-state index in [0.29, 0.717) is 5.75 Å². The van der Waals surface area contributed by atoms with Crippen LogP contribution < -0.4 is 16.0 Å². The highest BCUT2D eigenvalue weighted by Gasteiger charge is 2.13. The molecule has 6 heteroatoms. The lowest BCUT2D eigenvalue weighted by Crippen LogP contribution is -2.11. The highest BCUT2D eigenvalue weighted by Crippen LogP contribution is 2.29. The molecular weight excluding hydrogens is 247 g/mol. The number of hydrazine groups is 1. The largest absolute Gasteiger partial charge is 0.436 e. The predicted molar refractivity (Wildman–Crippen MR) is 68.3 cm³/mol. The third-order valence-electron chi connectivity index (χ3n) is 3.13. The number of aromatic nitrogens is 2. The second-order valence-corrected chi connectivity index (χ2v) is 4.38. The van der Waals surface area contributed by atoms with Gasteiger partial charge in [0.05, 0.1) is 6.20 Å². The summed E-state index contributed by atoms with van der Waals surface area (Å²) in [5.74, 6) is 5.10. The summed E-state index contributed by atoms with van der Waals surface area (Å²) >= 11 is 0. The van der Waals surface area contributed by atoms with E-state index in [1.54, 1.807) is 0 Å². The van der Waals surface area contributed by atoms with Crippen LogP contribution >= 0.6 is 0 Å². The van der Waals surface area contributed by atoms with Crippen molar-refractivity contribution in [2.45, 2.75) is 19.3 Å². The highest BCUT2D eigenvalue weighted by molar-refractivity contribution is 5.40. The van der Waals surface area contributed by atoms with Crippen LogP contribution in [0.25, 0.3) is 0 Å². The minimum Gasteiger partial charge on any atom is -0.436 e. The summed E-state index contributed by atoms with van der Waals surface area (Å²) in [6.45, 7) is 0. The van der Waals surface area contributed by atoms with Crippen molar-refractivity contribution < 1.29 is 9.13 Å². The van der Waals surface area contributed by atoms with Gasteiger partial charge in [0, 0.05) is 0 Å². The highest BCUT2D eigenvalue weighted by atomic mass is 19.1. The molecule has 1 aromatic carbocycles. The molecule has 98 valence electrons. The van der Waals surface area contributed by atoms with Gasteiger partial charge in [-0.1, -0.05) is 6.07 Å². The second kappa shape index (κ2) is 4.81. The zero-order valence-corrected chi connectivity index (χ0v) is 10.2. The maximum atomic E-state index is 13.5. The number of nitrogens with two attached hydrogens (primary N) is 1. The second-order valence-electron chi connectivity index (χ2n) is 4.38. The topological polar surface area (TPSA) is 73.1 Å². The number of anilines is 1. The Morgan fingerprint density at radius 2 is 2.11 bits per heavy atom. The van der Waals surface area contributed by atoms with E-state index in [0.717, 1.165) is 25.5 Å². The number of fused-ring (bicyclic) bond motifs is 1. The SMILES string of the molecule is NNc1ncc(F)c(Oc2ccc3c(c2)CCC3)n1. The van der Waals surface area contributed by atoms with Crippen LogP contribution in [0.15, 0.2) is 24.4 Å². The number of nitrogen functional groups attached to an aromatic ring is 1. The fraction of sp³-hybridized carbons (Fsp3) is 0.231. The molecule has 0 aliphatic heterocycles. The van der Waals surface area contributed by atoms with Crippen molar-refractivity contribution in [3.05, 3.63) is 41.3 Å². The van der Waals surface area contributed by atoms with Crippen LogP contribution in [-0.2, 0) is 12.8 Å². The monoisotopic (exact) mass is 260 g/mol. The van der Waals surface area contributed by atoms with Crippen molar-refractivity contribution in [1.82, 2.24) is 9.97 Å². The van der Waals surface area contributed by atoms with Crippen molar-refractivity contribution in [2.24, 2.45) is 5.84 Å². The molecule has 1 heterocycles. The standard InChI is InChI=1S/C13H13FN4O/c14-11-7-16-13(18-15)17-12(11)19-10-5-4-8-2-1-3-9(8)6-10/h4-7H,1-3,15H2,(H,16,17,18). The molecule has 0 saturated carbocycles. The van der Waals surface area contributed by atoms with E-state index < -0.39 is 5.82 Å². The normalized spacial score (nSPS) is 13.2. The van der Waals surface area contributed by atoms with Gasteiger partial charge in [-0.05, 0) is 42.5 Å². The molecule has 19 heavy (non-hydrogen) atoms. The van der Waals surface area contributed by atoms with Crippen LogP contribution in [0.2, 0.25) is 0 Å². The molecule has 0 fully saturated rings. The van der Waals surface area contributed by atoms with E-state index in [1.807, 2.05) is 18.2 Å². The molecule has 0 radical (unpaired) electrons. The Bertz CT molecular complexity index is 618. The van der Waals surface area contributed by atoms with Crippen molar-refractivity contribution in [1.29, 1.82) is 0 Å². The van der Waals surface area contributed by atoms with Crippen LogP contribution in [0.3, 0.4) is 0 Å². The molecule has 0 amide bonds. The first kappa shape index (κ1) is 11.9. The van der Waals surface area contributed by atoms with Gasteiger partial charge in [-0.15, -0.1) is 0 Å². The number of aryl methyl sites for hydroxylation is 2. The van der Waals surface area contributed by atoms with Crippen LogP contribution in [0.5, 0.6) is 11.6 Å². The van der Waals surface area contributed by atoms with E-state index in [-0.39, 0.29) is 11.8 Å². The Hall–Kier alpha value is -2.21. The molecule has 0 saturated heterocycles. The summed E-state index contributed by atoms with van der Waals surface area (Å²) in [7, 11) is 0. The van der Waals surface area contributed by atoms with Gasteiger partial charge in [0.1, 0.15) is 5.75 Å². The maximum Gasteiger partial charge on any atom is 0.260 e. The number of nitrogens with one attached hydrogen (secondary N) is 1. The van der Waals surface area contributed by atoms with Crippen molar-refractivity contribution in [3.63, 3.8) is 0 Å². The van der Waals surface area contributed by atoms with Gasteiger partial charge in [-0.3, -0.25) is 5.43 Å². The molecule has 1 aliphatic carbocycles. The van der Waals surface area contributed by atoms with E-state index in [2.05, 4.69) is 15.4 Å². The lowest BCUT2D eigenvalue weighted by atomic mass is 10.1. The Balaban J connectivity index is 1.88. The first-order chi connectivity index (χ1) is 9.26. The zero-order chi connectivity index (χ0) is 13.2. The van der Waals surface area contributed by atoms with Gasteiger partial charge in [0.2, 0.25) is 11.8 Å². The molecule has 3 rings (SSSR count).